The van der Waals surface area contributed by atoms with E-state index in [1.165, 1.54) is 0 Å². The van der Waals surface area contributed by atoms with Crippen LogP contribution in [-0.4, -0.2) is 18.6 Å². The summed E-state index contributed by atoms with van der Waals surface area (Å²) in [6.45, 7) is 3.68. The number of hydrogen-bond acceptors (Lipinski definition) is 3. The minimum absolute atomic E-state index is 0.176. The van der Waals surface area contributed by atoms with Gasteiger partial charge in [0.05, 0.1) is 11.6 Å². The lowest BCUT2D eigenvalue weighted by Crippen LogP contribution is -2.45. The third kappa shape index (κ3) is 3.49. The molecular formula is C16H17ClN2O3. The standard InChI is InChI=1S/C16H17ClN2O3/c1-3-4-9-22-15(20)13-10(2)18-16(21)19-14(13)11-7-5-6-8-12(11)17/h3-8,14H,9H2,1-2H3,(H2,18,19,21)/b4-3+/t14-/m0/s1. The summed E-state index contributed by atoms with van der Waals surface area (Å²) in [7, 11) is 0. The minimum atomic E-state index is -0.638. The van der Waals surface area contributed by atoms with E-state index in [0.717, 1.165) is 0 Å². The number of urea groups is 1. The summed E-state index contributed by atoms with van der Waals surface area (Å²) in [6, 6.07) is 6.05. The van der Waals surface area contributed by atoms with E-state index in [1.54, 1.807) is 43.3 Å². The van der Waals surface area contributed by atoms with E-state index in [2.05, 4.69) is 10.6 Å². The highest BCUT2D eigenvalue weighted by molar-refractivity contribution is 6.31. The number of carbonyl (C=O) groups is 2. The first-order valence-electron chi connectivity index (χ1n) is 6.85. The van der Waals surface area contributed by atoms with Gasteiger partial charge in [-0.25, -0.2) is 9.59 Å². The Hall–Kier alpha value is -2.27. The van der Waals surface area contributed by atoms with Crippen molar-refractivity contribution in [1.29, 1.82) is 0 Å². The molecule has 2 N–H and O–H groups in total. The van der Waals surface area contributed by atoms with E-state index in [-0.39, 0.29) is 12.6 Å². The van der Waals surface area contributed by atoms with Gasteiger partial charge in [0.25, 0.3) is 0 Å². The predicted molar refractivity (Wildman–Crippen MR) is 84.3 cm³/mol. The summed E-state index contributed by atoms with van der Waals surface area (Å²) in [5, 5.41) is 5.77. The van der Waals surface area contributed by atoms with Crippen molar-refractivity contribution >= 4 is 23.6 Å². The summed E-state index contributed by atoms with van der Waals surface area (Å²) in [4.78, 5) is 24.1. The van der Waals surface area contributed by atoms with Crippen molar-refractivity contribution in [3.63, 3.8) is 0 Å². The first-order valence-corrected chi connectivity index (χ1v) is 7.23. The molecule has 1 aliphatic rings. The van der Waals surface area contributed by atoms with Crippen LogP contribution >= 0.6 is 11.6 Å². The molecule has 2 rings (SSSR count). The average Bonchev–Trinajstić information content (AvgIpc) is 2.47. The van der Waals surface area contributed by atoms with Gasteiger partial charge in [-0.3, -0.25) is 0 Å². The minimum Gasteiger partial charge on any atom is -0.458 e. The molecule has 0 unspecified atom stereocenters. The molecule has 0 radical (unpaired) electrons. The fourth-order valence-electron chi connectivity index (χ4n) is 2.20. The summed E-state index contributed by atoms with van der Waals surface area (Å²) >= 11 is 6.19. The molecule has 2 amide bonds. The number of allylic oxidation sites excluding steroid dienone is 2. The maximum Gasteiger partial charge on any atom is 0.338 e. The molecule has 1 aliphatic heterocycles. The maximum absolute atomic E-state index is 12.3. The van der Waals surface area contributed by atoms with Crippen molar-refractivity contribution in [2.75, 3.05) is 6.61 Å². The van der Waals surface area contributed by atoms with Crippen LogP contribution in [0.4, 0.5) is 4.79 Å². The molecular weight excluding hydrogens is 304 g/mol. The zero-order valence-corrected chi connectivity index (χ0v) is 13.1. The van der Waals surface area contributed by atoms with Crippen molar-refractivity contribution in [2.24, 2.45) is 0 Å². The van der Waals surface area contributed by atoms with Crippen LogP contribution in [0.25, 0.3) is 0 Å². The Bertz CT molecular complexity index is 653. The first-order chi connectivity index (χ1) is 10.5. The van der Waals surface area contributed by atoms with Gasteiger partial charge in [-0.05, 0) is 25.5 Å². The Morgan fingerprint density at radius 2 is 2.14 bits per heavy atom. The van der Waals surface area contributed by atoms with Gasteiger partial charge in [0.1, 0.15) is 6.61 Å². The van der Waals surface area contributed by atoms with Crippen LogP contribution in [0.3, 0.4) is 0 Å². The molecule has 0 saturated heterocycles. The highest BCUT2D eigenvalue weighted by Gasteiger charge is 2.33. The van der Waals surface area contributed by atoms with E-state index < -0.39 is 12.0 Å². The molecule has 6 heteroatoms. The molecule has 1 heterocycles. The predicted octanol–water partition coefficient (Wildman–Crippen LogP) is 3.09. The lowest BCUT2D eigenvalue weighted by molar-refractivity contribution is -0.138. The van der Waals surface area contributed by atoms with Gasteiger partial charge >= 0.3 is 12.0 Å². The van der Waals surface area contributed by atoms with Crippen molar-refractivity contribution < 1.29 is 14.3 Å². The van der Waals surface area contributed by atoms with Crippen LogP contribution in [0.15, 0.2) is 47.7 Å². The number of hydrogen-bond donors (Lipinski definition) is 2. The van der Waals surface area contributed by atoms with Crippen LogP contribution < -0.4 is 10.6 Å². The number of esters is 1. The Morgan fingerprint density at radius 3 is 2.82 bits per heavy atom. The van der Waals surface area contributed by atoms with E-state index in [0.29, 0.717) is 21.9 Å². The number of benzene rings is 1. The van der Waals surface area contributed by atoms with Crippen molar-refractivity contribution in [3.8, 4) is 0 Å². The molecule has 1 aromatic rings. The molecule has 0 fully saturated rings. The molecule has 0 bridgehead atoms. The quantitative estimate of drug-likeness (QED) is 0.661. The van der Waals surface area contributed by atoms with Crippen LogP contribution in [0, 0.1) is 0 Å². The Balaban J connectivity index is 2.37. The fraction of sp³-hybridized carbons (Fsp3) is 0.250. The van der Waals surface area contributed by atoms with Crippen LogP contribution in [0.5, 0.6) is 0 Å². The summed E-state index contributed by atoms with van der Waals surface area (Å²) in [5.41, 5.74) is 1.45. The van der Waals surface area contributed by atoms with Gasteiger partial charge in [0.15, 0.2) is 0 Å². The second-order valence-corrected chi connectivity index (χ2v) is 5.17. The summed E-state index contributed by atoms with van der Waals surface area (Å²) in [6.07, 6.45) is 3.52. The lowest BCUT2D eigenvalue weighted by Gasteiger charge is -2.28. The van der Waals surface area contributed by atoms with E-state index in [4.69, 9.17) is 16.3 Å². The van der Waals surface area contributed by atoms with Crippen molar-refractivity contribution in [2.45, 2.75) is 19.9 Å². The summed E-state index contributed by atoms with van der Waals surface area (Å²) < 4.78 is 5.20. The normalized spacial score (nSPS) is 18.1. The third-order valence-corrected chi connectivity index (χ3v) is 3.60. The number of amides is 2. The van der Waals surface area contributed by atoms with Gasteiger partial charge in [-0.1, -0.05) is 42.0 Å². The lowest BCUT2D eigenvalue weighted by atomic mass is 9.95. The smallest absolute Gasteiger partial charge is 0.338 e. The average molecular weight is 321 g/mol. The Labute approximate surface area is 134 Å². The topological polar surface area (TPSA) is 67.4 Å². The zero-order valence-electron chi connectivity index (χ0n) is 12.4. The second-order valence-electron chi connectivity index (χ2n) is 4.76. The molecule has 0 spiro atoms. The van der Waals surface area contributed by atoms with Crippen molar-refractivity contribution in [1.82, 2.24) is 10.6 Å². The largest absolute Gasteiger partial charge is 0.458 e. The van der Waals surface area contributed by atoms with Crippen LogP contribution in [0.1, 0.15) is 25.5 Å². The van der Waals surface area contributed by atoms with Crippen LogP contribution in [0.2, 0.25) is 5.02 Å². The number of ether oxygens (including phenoxy) is 1. The molecule has 116 valence electrons. The highest BCUT2D eigenvalue weighted by Crippen LogP contribution is 2.31. The molecule has 0 aromatic heterocycles. The Kier molecular flexibility index (Phi) is 5.22. The van der Waals surface area contributed by atoms with Gasteiger partial charge in [-0.15, -0.1) is 0 Å². The third-order valence-electron chi connectivity index (χ3n) is 3.25. The highest BCUT2D eigenvalue weighted by atomic mass is 35.5. The molecule has 22 heavy (non-hydrogen) atoms. The zero-order chi connectivity index (χ0) is 16.1. The number of rotatable bonds is 4. The van der Waals surface area contributed by atoms with Gasteiger partial charge in [0.2, 0.25) is 0 Å². The van der Waals surface area contributed by atoms with E-state index in [1.807, 2.05) is 6.92 Å². The van der Waals surface area contributed by atoms with Gasteiger partial charge in [0, 0.05) is 10.7 Å². The molecule has 1 atom stereocenters. The maximum atomic E-state index is 12.3. The SMILES string of the molecule is C/C=C/COC(=O)C1=C(C)NC(=O)N[C@H]1c1ccccc1Cl. The summed E-state index contributed by atoms with van der Waals surface area (Å²) in [5.74, 6) is -0.493. The second kappa shape index (κ2) is 7.13. The molecule has 1 aromatic carbocycles. The van der Waals surface area contributed by atoms with Crippen molar-refractivity contribution in [3.05, 3.63) is 58.3 Å². The monoisotopic (exact) mass is 320 g/mol. The molecule has 0 saturated carbocycles. The molecule has 0 aliphatic carbocycles. The van der Waals surface area contributed by atoms with Crippen LogP contribution in [-0.2, 0) is 9.53 Å². The molecule has 5 nitrogen and oxygen atoms in total. The number of nitrogens with one attached hydrogen (secondary N) is 2. The van der Waals surface area contributed by atoms with Gasteiger partial charge < -0.3 is 15.4 Å². The number of halogens is 1. The van der Waals surface area contributed by atoms with E-state index in [9.17, 15) is 9.59 Å². The van der Waals surface area contributed by atoms with Gasteiger partial charge in [-0.2, -0.15) is 0 Å². The van der Waals surface area contributed by atoms with E-state index >= 15 is 0 Å². The fourth-order valence-corrected chi connectivity index (χ4v) is 2.45. The first kappa shape index (κ1) is 16.1. The Morgan fingerprint density at radius 1 is 1.41 bits per heavy atom. The number of carbonyl (C=O) groups excluding carboxylic acids is 2.